The Morgan fingerprint density at radius 2 is 1.94 bits per heavy atom. The Bertz CT molecular complexity index is 1360. The number of hydrogen-bond acceptors (Lipinski definition) is 5. The van der Waals surface area contributed by atoms with Crippen molar-refractivity contribution in [1.82, 2.24) is 19.9 Å². The van der Waals surface area contributed by atoms with Crippen molar-refractivity contribution in [3.63, 3.8) is 0 Å². The number of amides is 1. The molecule has 2 aromatic carbocycles. The molecule has 0 atom stereocenters. The minimum atomic E-state index is -0.239. The molecule has 4 aromatic rings. The summed E-state index contributed by atoms with van der Waals surface area (Å²) in [4.78, 5) is 18.4. The average molecular weight is 490 g/mol. The van der Waals surface area contributed by atoms with Crippen LogP contribution in [-0.2, 0) is 0 Å². The number of hydrogen-bond donors (Lipinski definition) is 2. The molecule has 35 heavy (non-hydrogen) atoms. The van der Waals surface area contributed by atoms with Gasteiger partial charge in [-0.15, -0.1) is 0 Å². The average Bonchev–Trinajstić information content (AvgIpc) is 3.29. The maximum atomic E-state index is 13.5. The largest absolute Gasteiger partial charge is 0.494 e. The second kappa shape index (κ2) is 10.1. The third kappa shape index (κ3) is 5.01. The summed E-state index contributed by atoms with van der Waals surface area (Å²) in [5.74, 6) is 0.774. The Morgan fingerprint density at radius 1 is 1.17 bits per heavy atom. The Kier molecular flexibility index (Phi) is 6.70. The predicted octanol–water partition coefficient (Wildman–Crippen LogP) is 5.48. The van der Waals surface area contributed by atoms with E-state index in [4.69, 9.17) is 26.4 Å². The fraction of sp³-hybridized carbons (Fsp3) is 0.296. The quantitative estimate of drug-likeness (QED) is 0.375. The number of halogens is 1. The maximum absolute atomic E-state index is 13.5. The van der Waals surface area contributed by atoms with Crippen molar-refractivity contribution >= 4 is 28.8 Å². The molecule has 1 aliphatic heterocycles. The zero-order valence-electron chi connectivity index (χ0n) is 19.8. The van der Waals surface area contributed by atoms with Crippen LogP contribution in [0.5, 0.6) is 5.75 Å². The zero-order valence-corrected chi connectivity index (χ0v) is 20.6. The van der Waals surface area contributed by atoms with E-state index in [9.17, 15) is 4.79 Å². The van der Waals surface area contributed by atoms with Gasteiger partial charge in [0.25, 0.3) is 5.91 Å². The van der Waals surface area contributed by atoms with E-state index < -0.39 is 0 Å². The molecule has 0 aliphatic carbocycles. The molecule has 8 heteroatoms. The number of fused-ring (bicyclic) bond motifs is 1. The van der Waals surface area contributed by atoms with Crippen LogP contribution in [0.15, 0.2) is 54.7 Å². The minimum Gasteiger partial charge on any atom is -0.494 e. The lowest BCUT2D eigenvalue weighted by Gasteiger charge is -2.24. The molecule has 5 rings (SSSR count). The van der Waals surface area contributed by atoms with E-state index in [-0.39, 0.29) is 11.8 Å². The number of piperidine rings is 1. The van der Waals surface area contributed by atoms with Gasteiger partial charge >= 0.3 is 0 Å². The monoisotopic (exact) mass is 489 g/mol. The zero-order chi connectivity index (χ0) is 24.4. The second-order valence-electron chi connectivity index (χ2n) is 8.79. The van der Waals surface area contributed by atoms with Crippen molar-refractivity contribution in [2.75, 3.05) is 25.0 Å². The molecule has 2 aromatic heterocycles. The normalized spacial score (nSPS) is 14.3. The highest BCUT2D eigenvalue weighted by Crippen LogP contribution is 2.30. The van der Waals surface area contributed by atoms with Gasteiger partial charge in [-0.3, -0.25) is 4.79 Å². The van der Waals surface area contributed by atoms with Crippen LogP contribution in [0.4, 0.5) is 5.69 Å². The summed E-state index contributed by atoms with van der Waals surface area (Å²) in [5, 5.41) is 11.6. The molecule has 3 heterocycles. The molecular formula is C27H28ClN5O2. The molecular weight excluding hydrogens is 462 g/mol. The number of carbonyl (C=O) groups excluding carboxylic acids is 1. The fourth-order valence-electron chi connectivity index (χ4n) is 4.46. The summed E-state index contributed by atoms with van der Waals surface area (Å²) >= 11 is 6.38. The van der Waals surface area contributed by atoms with E-state index in [0.717, 1.165) is 54.2 Å². The summed E-state index contributed by atoms with van der Waals surface area (Å²) in [6, 6.07) is 15.4. The molecule has 7 nitrogen and oxygen atoms in total. The third-order valence-corrected chi connectivity index (χ3v) is 6.60. The highest BCUT2D eigenvalue weighted by Gasteiger charge is 2.25. The lowest BCUT2D eigenvalue weighted by molar-refractivity contribution is 0.102. The smallest absolute Gasteiger partial charge is 0.259 e. The van der Waals surface area contributed by atoms with Crippen molar-refractivity contribution in [3.8, 4) is 17.0 Å². The first kappa shape index (κ1) is 23.3. The summed E-state index contributed by atoms with van der Waals surface area (Å²) in [5.41, 5.74) is 5.39. The first-order valence-corrected chi connectivity index (χ1v) is 12.3. The molecule has 1 aliphatic rings. The molecule has 1 fully saturated rings. The van der Waals surface area contributed by atoms with Crippen molar-refractivity contribution < 1.29 is 9.53 Å². The minimum absolute atomic E-state index is 0.194. The summed E-state index contributed by atoms with van der Waals surface area (Å²) in [6.45, 7) is 6.35. The topological polar surface area (TPSA) is 80.5 Å². The molecule has 0 unspecified atom stereocenters. The van der Waals surface area contributed by atoms with Gasteiger partial charge in [-0.1, -0.05) is 17.7 Å². The van der Waals surface area contributed by atoms with Crippen molar-refractivity contribution in [2.24, 2.45) is 0 Å². The van der Waals surface area contributed by atoms with Crippen LogP contribution in [0.25, 0.3) is 16.9 Å². The molecule has 1 amide bonds. The van der Waals surface area contributed by atoms with Crippen LogP contribution >= 0.6 is 11.6 Å². The lowest BCUT2D eigenvalue weighted by atomic mass is 9.91. The van der Waals surface area contributed by atoms with E-state index in [2.05, 4.69) is 10.6 Å². The van der Waals surface area contributed by atoms with E-state index in [1.165, 1.54) is 0 Å². The van der Waals surface area contributed by atoms with Crippen LogP contribution in [0.3, 0.4) is 0 Å². The SMILES string of the molecule is CCOc1ccc(-c2cc3nc(C4CCNCC4)c(C(=O)Nc4ccc(C)cc4Cl)cn3n2)cc1. The van der Waals surface area contributed by atoms with Gasteiger partial charge in [-0.2, -0.15) is 5.10 Å². The van der Waals surface area contributed by atoms with E-state index >= 15 is 0 Å². The fourth-order valence-corrected chi connectivity index (χ4v) is 4.74. The summed E-state index contributed by atoms with van der Waals surface area (Å²) in [7, 11) is 0. The Balaban J connectivity index is 1.53. The van der Waals surface area contributed by atoms with Crippen LogP contribution in [0.2, 0.25) is 5.02 Å². The molecule has 0 saturated carbocycles. The van der Waals surface area contributed by atoms with Gasteiger partial charge in [0.2, 0.25) is 0 Å². The number of aromatic nitrogens is 3. The highest BCUT2D eigenvalue weighted by atomic mass is 35.5. The number of aryl methyl sites for hydroxylation is 1. The first-order valence-electron chi connectivity index (χ1n) is 11.9. The standard InChI is InChI=1S/C27H28ClN5O2/c1-3-35-20-7-5-18(6-8-20)24-15-25-31-26(19-10-12-29-13-11-19)21(16-33(25)32-24)27(34)30-23-9-4-17(2)14-22(23)28/h4-9,14-16,19,29H,3,10-13H2,1-2H3,(H,30,34). The summed E-state index contributed by atoms with van der Waals surface area (Å²) in [6.07, 6.45) is 3.64. The molecule has 1 saturated heterocycles. The molecule has 2 N–H and O–H groups in total. The maximum Gasteiger partial charge on any atom is 0.259 e. The number of rotatable bonds is 6. The van der Waals surface area contributed by atoms with Gasteiger partial charge in [0.1, 0.15) is 5.75 Å². The Hall–Kier alpha value is -3.42. The first-order chi connectivity index (χ1) is 17.0. The van der Waals surface area contributed by atoms with E-state index in [1.807, 2.05) is 62.4 Å². The molecule has 180 valence electrons. The molecule has 0 radical (unpaired) electrons. The van der Waals surface area contributed by atoms with Crippen LogP contribution in [0, 0.1) is 6.92 Å². The van der Waals surface area contributed by atoms with Crippen LogP contribution in [0.1, 0.15) is 47.3 Å². The Morgan fingerprint density at radius 3 is 2.66 bits per heavy atom. The molecule has 0 spiro atoms. The van der Waals surface area contributed by atoms with Crippen molar-refractivity contribution in [1.29, 1.82) is 0 Å². The number of nitrogens with zero attached hydrogens (tertiary/aromatic N) is 3. The lowest BCUT2D eigenvalue weighted by Crippen LogP contribution is -2.29. The number of nitrogens with one attached hydrogen (secondary N) is 2. The number of carbonyl (C=O) groups is 1. The van der Waals surface area contributed by atoms with Crippen molar-refractivity contribution in [2.45, 2.75) is 32.6 Å². The van der Waals surface area contributed by atoms with E-state index in [1.54, 1.807) is 10.7 Å². The van der Waals surface area contributed by atoms with E-state index in [0.29, 0.717) is 28.5 Å². The number of anilines is 1. The third-order valence-electron chi connectivity index (χ3n) is 6.28. The van der Waals surface area contributed by atoms with Gasteiger partial charge in [-0.25, -0.2) is 9.50 Å². The van der Waals surface area contributed by atoms with Crippen molar-refractivity contribution in [3.05, 3.63) is 76.6 Å². The predicted molar refractivity (Wildman–Crippen MR) is 139 cm³/mol. The number of ether oxygens (including phenoxy) is 1. The van der Waals surface area contributed by atoms with Gasteiger partial charge < -0.3 is 15.4 Å². The molecule has 0 bridgehead atoms. The van der Waals surface area contributed by atoms with Gasteiger partial charge in [0, 0.05) is 23.7 Å². The summed E-state index contributed by atoms with van der Waals surface area (Å²) < 4.78 is 7.23. The number of benzene rings is 2. The van der Waals surface area contributed by atoms with Gasteiger partial charge in [0.05, 0.1) is 34.3 Å². The highest BCUT2D eigenvalue weighted by molar-refractivity contribution is 6.34. The Labute approximate surface area is 209 Å². The van der Waals surface area contributed by atoms with Crippen LogP contribution in [-0.4, -0.2) is 40.2 Å². The van der Waals surface area contributed by atoms with Crippen LogP contribution < -0.4 is 15.4 Å². The van der Waals surface area contributed by atoms with Gasteiger partial charge in [-0.05, 0) is 81.7 Å². The van der Waals surface area contributed by atoms with Gasteiger partial charge in [0.15, 0.2) is 5.65 Å². The second-order valence-corrected chi connectivity index (χ2v) is 9.20.